The number of pyridine rings is 1. The molecule has 0 saturated heterocycles. The number of aromatic nitrogens is 4. The van der Waals surface area contributed by atoms with E-state index in [9.17, 15) is 9.59 Å². The highest BCUT2D eigenvalue weighted by molar-refractivity contribution is 6.01. The maximum atomic E-state index is 14.1. The number of nitrogens with one attached hydrogen (secondary N) is 1. The van der Waals surface area contributed by atoms with E-state index in [4.69, 9.17) is 9.47 Å². The van der Waals surface area contributed by atoms with Crippen molar-refractivity contribution in [3.05, 3.63) is 72.6 Å². The third-order valence-electron chi connectivity index (χ3n) is 6.15. The van der Waals surface area contributed by atoms with Gasteiger partial charge in [-0.25, -0.2) is 4.68 Å². The fraction of sp³-hybridized carbons (Fsp3) is 0.321. The number of carbonyl (C=O) groups excluding carboxylic acids is 2. The molecule has 0 radical (unpaired) electrons. The van der Waals surface area contributed by atoms with Crippen LogP contribution in [0.15, 0.2) is 67.0 Å². The van der Waals surface area contributed by atoms with Gasteiger partial charge in [-0.15, -0.1) is 5.10 Å². The van der Waals surface area contributed by atoms with E-state index in [1.807, 2.05) is 24.3 Å². The van der Waals surface area contributed by atoms with E-state index in [1.54, 1.807) is 42.7 Å². The van der Waals surface area contributed by atoms with Crippen LogP contribution < -0.4 is 19.7 Å². The molecule has 4 aromatic rings. The summed E-state index contributed by atoms with van der Waals surface area (Å²) in [5.41, 5.74) is 2.42. The van der Waals surface area contributed by atoms with E-state index in [-0.39, 0.29) is 18.4 Å². The zero-order valence-corrected chi connectivity index (χ0v) is 22.0. The number of fused-ring (bicyclic) bond motifs is 1. The highest BCUT2D eigenvalue weighted by atomic mass is 16.5. The summed E-state index contributed by atoms with van der Waals surface area (Å²) < 4.78 is 12.4. The van der Waals surface area contributed by atoms with Crippen molar-refractivity contribution < 1.29 is 19.1 Å². The number of para-hydroxylation sites is 1. The van der Waals surface area contributed by atoms with E-state index in [0.717, 1.165) is 6.42 Å². The molecule has 0 aliphatic rings. The SMILES string of the molecule is COc1ccc(N(C(=O)Cn2nnc3ccccc32)[C@H](C(=O)NCCC(C)C)c2cccnc2)cc1OC. The van der Waals surface area contributed by atoms with Crippen molar-refractivity contribution in [2.24, 2.45) is 5.92 Å². The minimum absolute atomic E-state index is 0.134. The first-order chi connectivity index (χ1) is 18.4. The molecule has 10 heteroatoms. The number of hydrogen-bond acceptors (Lipinski definition) is 7. The van der Waals surface area contributed by atoms with E-state index < -0.39 is 6.04 Å². The van der Waals surface area contributed by atoms with Crippen molar-refractivity contribution in [2.45, 2.75) is 32.9 Å². The Bertz CT molecular complexity index is 1390. The predicted molar refractivity (Wildman–Crippen MR) is 144 cm³/mol. The predicted octanol–water partition coefficient (Wildman–Crippen LogP) is 3.78. The van der Waals surface area contributed by atoms with Crippen LogP contribution in [0.5, 0.6) is 11.5 Å². The average Bonchev–Trinajstić information content (AvgIpc) is 3.34. The van der Waals surface area contributed by atoms with Crippen molar-refractivity contribution in [3.63, 3.8) is 0 Å². The Balaban J connectivity index is 1.79. The van der Waals surface area contributed by atoms with Gasteiger partial charge in [0.15, 0.2) is 11.5 Å². The van der Waals surface area contributed by atoms with Crippen LogP contribution in [0.2, 0.25) is 0 Å². The summed E-state index contributed by atoms with van der Waals surface area (Å²) >= 11 is 0. The number of methoxy groups -OCH3 is 2. The van der Waals surface area contributed by atoms with Gasteiger partial charge in [0.05, 0.1) is 19.7 Å². The average molecular weight is 517 g/mol. The van der Waals surface area contributed by atoms with Crippen molar-refractivity contribution in [2.75, 3.05) is 25.7 Å². The number of benzene rings is 2. The van der Waals surface area contributed by atoms with Crippen molar-refractivity contribution in [1.29, 1.82) is 0 Å². The molecule has 1 N–H and O–H groups in total. The van der Waals surface area contributed by atoms with Crippen LogP contribution in [-0.2, 0) is 16.1 Å². The molecule has 1 atom stereocenters. The Hall–Kier alpha value is -4.47. The highest BCUT2D eigenvalue weighted by Gasteiger charge is 2.34. The smallest absolute Gasteiger partial charge is 0.249 e. The number of carbonyl (C=O) groups is 2. The van der Waals surface area contributed by atoms with Gasteiger partial charge in [0.2, 0.25) is 11.8 Å². The second-order valence-electron chi connectivity index (χ2n) is 9.20. The largest absolute Gasteiger partial charge is 0.493 e. The molecular weight excluding hydrogens is 484 g/mol. The molecule has 2 amide bonds. The molecule has 2 aromatic heterocycles. The van der Waals surface area contributed by atoms with Crippen LogP contribution in [-0.4, -0.2) is 52.6 Å². The lowest BCUT2D eigenvalue weighted by atomic mass is 10.0. The molecule has 10 nitrogen and oxygen atoms in total. The second kappa shape index (κ2) is 12.2. The Morgan fingerprint density at radius 3 is 2.53 bits per heavy atom. The van der Waals surface area contributed by atoms with Crippen LogP contribution in [0.3, 0.4) is 0 Å². The summed E-state index contributed by atoms with van der Waals surface area (Å²) in [6.45, 7) is 4.53. The normalized spacial score (nSPS) is 11.8. The molecule has 2 aromatic carbocycles. The van der Waals surface area contributed by atoms with Gasteiger partial charge in [0, 0.05) is 36.3 Å². The third-order valence-corrected chi connectivity index (χ3v) is 6.15. The van der Waals surface area contributed by atoms with Crippen LogP contribution in [0.25, 0.3) is 11.0 Å². The van der Waals surface area contributed by atoms with Gasteiger partial charge >= 0.3 is 0 Å². The summed E-state index contributed by atoms with van der Waals surface area (Å²) in [7, 11) is 3.06. The summed E-state index contributed by atoms with van der Waals surface area (Å²) in [4.78, 5) is 33.5. The summed E-state index contributed by atoms with van der Waals surface area (Å²) in [6.07, 6.45) is 4.03. The second-order valence-corrected chi connectivity index (χ2v) is 9.20. The molecule has 198 valence electrons. The first-order valence-electron chi connectivity index (χ1n) is 12.4. The fourth-order valence-electron chi connectivity index (χ4n) is 4.19. The van der Waals surface area contributed by atoms with Gasteiger partial charge in [-0.3, -0.25) is 19.5 Å². The lowest BCUT2D eigenvalue weighted by molar-refractivity contribution is -0.127. The number of amides is 2. The highest BCUT2D eigenvalue weighted by Crippen LogP contribution is 2.35. The molecule has 0 fully saturated rings. The molecule has 0 spiro atoms. The Morgan fingerprint density at radius 1 is 1.03 bits per heavy atom. The Morgan fingerprint density at radius 2 is 1.82 bits per heavy atom. The first kappa shape index (κ1) is 26.6. The monoisotopic (exact) mass is 516 g/mol. The van der Waals surface area contributed by atoms with Gasteiger partial charge in [0.1, 0.15) is 18.1 Å². The molecule has 0 saturated carbocycles. The number of nitrogens with zero attached hydrogens (tertiary/aromatic N) is 5. The van der Waals surface area contributed by atoms with E-state index in [0.29, 0.717) is 46.2 Å². The Labute approximate surface area is 221 Å². The van der Waals surface area contributed by atoms with Crippen LogP contribution >= 0.6 is 0 Å². The van der Waals surface area contributed by atoms with Gasteiger partial charge in [-0.1, -0.05) is 37.3 Å². The van der Waals surface area contributed by atoms with Gasteiger partial charge in [-0.2, -0.15) is 0 Å². The maximum absolute atomic E-state index is 14.1. The topological polar surface area (TPSA) is 111 Å². The molecule has 4 rings (SSSR count). The standard InChI is InChI=1S/C28H32N6O4/c1-19(2)13-15-30-28(36)27(20-8-7-14-29-17-20)34(21-11-12-24(37-3)25(16-21)38-4)26(35)18-33-23-10-6-5-9-22(23)31-32-33/h5-12,14,16-17,19,27H,13,15,18H2,1-4H3,(H,30,36)/t27-/m0/s1. The molecule has 0 aliphatic heterocycles. The van der Waals surface area contributed by atoms with Crippen molar-refractivity contribution in [1.82, 2.24) is 25.3 Å². The molecule has 0 bridgehead atoms. The number of rotatable bonds is 11. The van der Waals surface area contributed by atoms with Gasteiger partial charge < -0.3 is 14.8 Å². The molecular formula is C28H32N6O4. The van der Waals surface area contributed by atoms with Gasteiger partial charge in [0.25, 0.3) is 0 Å². The van der Waals surface area contributed by atoms with E-state index >= 15 is 0 Å². The van der Waals surface area contributed by atoms with E-state index in [2.05, 4.69) is 34.5 Å². The summed E-state index contributed by atoms with van der Waals surface area (Å²) in [5, 5.41) is 11.4. The molecule has 0 aliphatic carbocycles. The number of hydrogen-bond donors (Lipinski definition) is 1. The van der Waals surface area contributed by atoms with Crippen molar-refractivity contribution >= 4 is 28.5 Å². The maximum Gasteiger partial charge on any atom is 0.249 e. The number of anilines is 1. The molecule has 2 heterocycles. The zero-order chi connectivity index (χ0) is 27.1. The minimum atomic E-state index is -0.990. The van der Waals surface area contributed by atoms with Crippen LogP contribution in [0.4, 0.5) is 5.69 Å². The lowest BCUT2D eigenvalue weighted by Crippen LogP contribution is -2.45. The van der Waals surface area contributed by atoms with Gasteiger partial charge in [-0.05, 0) is 42.7 Å². The minimum Gasteiger partial charge on any atom is -0.493 e. The quantitative estimate of drug-likeness (QED) is 0.323. The van der Waals surface area contributed by atoms with Crippen molar-refractivity contribution in [3.8, 4) is 11.5 Å². The number of ether oxygens (including phenoxy) is 2. The summed E-state index contributed by atoms with van der Waals surface area (Å²) in [6, 6.07) is 15.0. The molecule has 38 heavy (non-hydrogen) atoms. The Kier molecular flexibility index (Phi) is 8.52. The van der Waals surface area contributed by atoms with E-state index in [1.165, 1.54) is 23.8 Å². The zero-order valence-electron chi connectivity index (χ0n) is 22.0. The summed E-state index contributed by atoms with van der Waals surface area (Å²) in [5.74, 6) is 0.673. The first-order valence-corrected chi connectivity index (χ1v) is 12.4. The van der Waals surface area contributed by atoms with Crippen LogP contribution in [0.1, 0.15) is 31.9 Å². The molecule has 0 unspecified atom stereocenters. The third kappa shape index (κ3) is 5.91. The van der Waals surface area contributed by atoms with Crippen LogP contribution in [0, 0.1) is 5.92 Å². The fourth-order valence-corrected chi connectivity index (χ4v) is 4.19. The lowest BCUT2D eigenvalue weighted by Gasteiger charge is -2.32.